The molecular formula is C14H20N2O4. The number of carbonyl (C=O) groups is 2. The van der Waals surface area contributed by atoms with Gasteiger partial charge in [-0.25, -0.2) is 0 Å². The number of rotatable bonds is 6. The molecule has 0 aliphatic heterocycles. The number of amides is 1. The Balaban J connectivity index is 2.73. The molecule has 1 rings (SSSR count). The Morgan fingerprint density at radius 1 is 1.35 bits per heavy atom. The Morgan fingerprint density at radius 2 is 2.00 bits per heavy atom. The topological polar surface area (TPSA) is 88.4 Å². The minimum atomic E-state index is -0.930. The van der Waals surface area contributed by atoms with E-state index in [9.17, 15) is 14.4 Å². The average Bonchev–Trinajstić information content (AvgIpc) is 2.36. The SMILES string of the molecule is CC(C)CC(CNC(=O)c1cccc(=O)n1C)C(=O)O. The van der Waals surface area contributed by atoms with Crippen LogP contribution in [0.2, 0.25) is 0 Å². The predicted molar refractivity (Wildman–Crippen MR) is 74.6 cm³/mol. The predicted octanol–water partition coefficient (Wildman–Crippen LogP) is 0.862. The summed E-state index contributed by atoms with van der Waals surface area (Å²) in [4.78, 5) is 34.5. The summed E-state index contributed by atoms with van der Waals surface area (Å²) < 4.78 is 1.23. The van der Waals surface area contributed by atoms with Crippen molar-refractivity contribution >= 4 is 11.9 Å². The molecule has 1 atom stereocenters. The largest absolute Gasteiger partial charge is 0.481 e. The Kier molecular flexibility index (Phi) is 5.49. The molecule has 1 aromatic heterocycles. The lowest BCUT2D eigenvalue weighted by Crippen LogP contribution is -2.36. The van der Waals surface area contributed by atoms with Crippen molar-refractivity contribution in [2.45, 2.75) is 20.3 Å². The highest BCUT2D eigenvalue weighted by atomic mass is 16.4. The first-order valence-electron chi connectivity index (χ1n) is 6.50. The van der Waals surface area contributed by atoms with Gasteiger partial charge in [0.15, 0.2) is 0 Å². The number of carboxylic acids is 1. The molecule has 6 heteroatoms. The molecular weight excluding hydrogens is 260 g/mol. The van der Waals surface area contributed by atoms with E-state index in [0.717, 1.165) is 0 Å². The van der Waals surface area contributed by atoms with Crippen LogP contribution < -0.4 is 10.9 Å². The molecule has 0 saturated carbocycles. The number of hydrogen-bond donors (Lipinski definition) is 2. The van der Waals surface area contributed by atoms with E-state index < -0.39 is 17.8 Å². The van der Waals surface area contributed by atoms with Crippen molar-refractivity contribution in [1.82, 2.24) is 9.88 Å². The molecule has 0 bridgehead atoms. The maximum atomic E-state index is 12.0. The molecule has 1 heterocycles. The van der Waals surface area contributed by atoms with Gasteiger partial charge in [-0.1, -0.05) is 19.9 Å². The van der Waals surface area contributed by atoms with Gasteiger partial charge in [-0.05, 0) is 18.4 Å². The van der Waals surface area contributed by atoms with Crippen LogP contribution in [0, 0.1) is 11.8 Å². The third kappa shape index (κ3) is 4.22. The van der Waals surface area contributed by atoms with E-state index in [1.807, 2.05) is 13.8 Å². The third-order valence-corrected chi connectivity index (χ3v) is 3.03. The van der Waals surface area contributed by atoms with E-state index >= 15 is 0 Å². The Hall–Kier alpha value is -2.11. The number of hydrogen-bond acceptors (Lipinski definition) is 3. The molecule has 2 N–H and O–H groups in total. The monoisotopic (exact) mass is 280 g/mol. The molecule has 6 nitrogen and oxygen atoms in total. The first-order chi connectivity index (χ1) is 9.32. The number of carbonyl (C=O) groups excluding carboxylic acids is 1. The summed E-state index contributed by atoms with van der Waals surface area (Å²) >= 11 is 0. The fourth-order valence-electron chi connectivity index (χ4n) is 1.94. The molecule has 0 radical (unpaired) electrons. The average molecular weight is 280 g/mol. The van der Waals surface area contributed by atoms with E-state index in [4.69, 9.17) is 5.11 Å². The highest BCUT2D eigenvalue weighted by Crippen LogP contribution is 2.11. The van der Waals surface area contributed by atoms with Gasteiger partial charge in [-0.3, -0.25) is 14.4 Å². The number of nitrogens with one attached hydrogen (secondary N) is 1. The van der Waals surface area contributed by atoms with E-state index in [-0.39, 0.29) is 23.7 Å². The third-order valence-electron chi connectivity index (χ3n) is 3.03. The maximum absolute atomic E-state index is 12.0. The van der Waals surface area contributed by atoms with Crippen molar-refractivity contribution in [2.75, 3.05) is 6.54 Å². The Labute approximate surface area is 117 Å². The lowest BCUT2D eigenvalue weighted by atomic mass is 9.97. The van der Waals surface area contributed by atoms with E-state index in [0.29, 0.717) is 6.42 Å². The molecule has 110 valence electrons. The maximum Gasteiger partial charge on any atom is 0.308 e. The van der Waals surface area contributed by atoms with Gasteiger partial charge in [-0.2, -0.15) is 0 Å². The summed E-state index contributed by atoms with van der Waals surface area (Å²) in [6.45, 7) is 3.91. The van der Waals surface area contributed by atoms with E-state index in [2.05, 4.69) is 5.32 Å². The number of aromatic nitrogens is 1. The van der Waals surface area contributed by atoms with Crippen LogP contribution >= 0.6 is 0 Å². The van der Waals surface area contributed by atoms with Gasteiger partial charge in [0.1, 0.15) is 5.69 Å². The summed E-state index contributed by atoms with van der Waals surface area (Å²) in [5.74, 6) is -1.77. The fourth-order valence-corrected chi connectivity index (χ4v) is 1.94. The number of nitrogens with zero attached hydrogens (tertiary/aromatic N) is 1. The molecule has 0 aliphatic carbocycles. The van der Waals surface area contributed by atoms with Gasteiger partial charge in [0.05, 0.1) is 5.92 Å². The van der Waals surface area contributed by atoms with Crippen molar-refractivity contribution in [3.05, 3.63) is 34.2 Å². The quantitative estimate of drug-likeness (QED) is 0.809. The van der Waals surface area contributed by atoms with Crippen molar-refractivity contribution in [3.8, 4) is 0 Å². The summed E-state index contributed by atoms with van der Waals surface area (Å²) in [6, 6.07) is 4.38. The molecule has 1 unspecified atom stereocenters. The zero-order chi connectivity index (χ0) is 15.3. The molecule has 0 aromatic carbocycles. The van der Waals surface area contributed by atoms with Gasteiger partial charge in [-0.15, -0.1) is 0 Å². The van der Waals surface area contributed by atoms with Crippen molar-refractivity contribution < 1.29 is 14.7 Å². The summed E-state index contributed by atoms with van der Waals surface area (Å²) in [5, 5.41) is 11.7. The van der Waals surface area contributed by atoms with Gasteiger partial charge < -0.3 is 15.0 Å². The van der Waals surface area contributed by atoms with Gasteiger partial charge in [0, 0.05) is 19.7 Å². The molecule has 20 heavy (non-hydrogen) atoms. The van der Waals surface area contributed by atoms with Crippen LogP contribution in [0.4, 0.5) is 0 Å². The summed E-state index contributed by atoms with van der Waals surface area (Å²) in [5.41, 5.74) is -0.0687. The van der Waals surface area contributed by atoms with Gasteiger partial charge in [0.2, 0.25) is 0 Å². The van der Waals surface area contributed by atoms with Crippen LogP contribution in [0.1, 0.15) is 30.8 Å². The van der Waals surface area contributed by atoms with Crippen molar-refractivity contribution in [2.24, 2.45) is 18.9 Å². The standard InChI is InChI=1S/C14H20N2O4/c1-9(2)7-10(14(19)20)8-15-13(18)11-5-4-6-12(17)16(11)3/h4-6,9-10H,7-8H2,1-3H3,(H,15,18)(H,19,20). The zero-order valence-corrected chi connectivity index (χ0v) is 11.9. The molecule has 1 aromatic rings. The number of carboxylic acid groups (broad SMARTS) is 1. The van der Waals surface area contributed by atoms with Crippen molar-refractivity contribution in [3.63, 3.8) is 0 Å². The fraction of sp³-hybridized carbons (Fsp3) is 0.500. The van der Waals surface area contributed by atoms with Crippen LogP contribution in [-0.4, -0.2) is 28.1 Å². The van der Waals surface area contributed by atoms with Gasteiger partial charge in [0.25, 0.3) is 11.5 Å². The van der Waals surface area contributed by atoms with Gasteiger partial charge >= 0.3 is 5.97 Å². The minimum absolute atomic E-state index is 0.0510. The smallest absolute Gasteiger partial charge is 0.308 e. The van der Waals surface area contributed by atoms with Crippen LogP contribution in [0.15, 0.2) is 23.0 Å². The summed E-state index contributed by atoms with van der Waals surface area (Å²) in [6.07, 6.45) is 0.489. The second-order valence-electron chi connectivity index (χ2n) is 5.18. The molecule has 1 amide bonds. The van der Waals surface area contributed by atoms with E-state index in [1.54, 1.807) is 0 Å². The molecule has 0 saturated heterocycles. The number of aliphatic carboxylic acids is 1. The lowest BCUT2D eigenvalue weighted by molar-refractivity contribution is -0.142. The van der Waals surface area contributed by atoms with Crippen LogP contribution in [-0.2, 0) is 11.8 Å². The first kappa shape index (κ1) is 15.9. The zero-order valence-electron chi connectivity index (χ0n) is 11.9. The lowest BCUT2D eigenvalue weighted by Gasteiger charge is -2.16. The molecule has 0 aliphatic rings. The van der Waals surface area contributed by atoms with Crippen LogP contribution in [0.25, 0.3) is 0 Å². The second kappa shape index (κ2) is 6.88. The minimum Gasteiger partial charge on any atom is -0.481 e. The first-order valence-corrected chi connectivity index (χ1v) is 6.50. The van der Waals surface area contributed by atoms with Crippen molar-refractivity contribution in [1.29, 1.82) is 0 Å². The highest BCUT2D eigenvalue weighted by molar-refractivity contribution is 5.92. The normalized spacial score (nSPS) is 12.2. The van der Waals surface area contributed by atoms with Crippen LogP contribution in [0.5, 0.6) is 0 Å². The number of pyridine rings is 1. The molecule has 0 spiro atoms. The Morgan fingerprint density at radius 3 is 2.55 bits per heavy atom. The molecule has 0 fully saturated rings. The van der Waals surface area contributed by atoms with E-state index in [1.165, 1.54) is 29.8 Å². The second-order valence-corrected chi connectivity index (χ2v) is 5.18. The van der Waals surface area contributed by atoms with Crippen LogP contribution in [0.3, 0.4) is 0 Å². The summed E-state index contributed by atoms with van der Waals surface area (Å²) in [7, 11) is 1.50. The Bertz CT molecular complexity index is 548. The highest BCUT2D eigenvalue weighted by Gasteiger charge is 2.20.